The summed E-state index contributed by atoms with van der Waals surface area (Å²) in [4.78, 5) is 37.1. The molecule has 1 fully saturated rings. The van der Waals surface area contributed by atoms with E-state index in [1.807, 2.05) is 0 Å². The molecule has 1 aliphatic rings. The fraction of sp³-hybridized carbons (Fsp3) is 0.643. The third-order valence-electron chi connectivity index (χ3n) is 3.60. The molecule has 0 atom stereocenters. The number of carbonyl (C=O) groups excluding carboxylic acids is 2. The third-order valence-corrected chi connectivity index (χ3v) is 3.60. The number of nitrogens with one attached hydrogen (secondary N) is 1. The molecule has 1 N–H and O–H groups in total. The molecule has 0 spiro atoms. The van der Waals surface area contributed by atoms with Crippen molar-refractivity contribution in [1.82, 2.24) is 14.9 Å². The van der Waals surface area contributed by atoms with E-state index in [-0.39, 0.29) is 43.2 Å². The van der Waals surface area contributed by atoms with E-state index in [2.05, 4.69) is 10.3 Å². The van der Waals surface area contributed by atoms with Gasteiger partial charge < -0.3 is 20.2 Å². The Labute approximate surface area is 133 Å². The van der Waals surface area contributed by atoms with Crippen molar-refractivity contribution in [3.63, 3.8) is 0 Å². The summed E-state index contributed by atoms with van der Waals surface area (Å²) in [6, 6.07) is 0. The van der Waals surface area contributed by atoms with Crippen LogP contribution in [0.1, 0.15) is 31.5 Å². The van der Waals surface area contributed by atoms with E-state index in [4.69, 9.17) is 4.74 Å². The van der Waals surface area contributed by atoms with Crippen molar-refractivity contribution in [2.75, 3.05) is 13.2 Å². The van der Waals surface area contributed by atoms with E-state index in [0.717, 1.165) is 12.8 Å². The van der Waals surface area contributed by atoms with Crippen LogP contribution in [0.5, 0.6) is 0 Å². The van der Waals surface area contributed by atoms with E-state index >= 15 is 0 Å². The number of nitro groups is 1. The van der Waals surface area contributed by atoms with Crippen molar-refractivity contribution in [3.8, 4) is 0 Å². The number of imidazole rings is 1. The molecule has 1 amide bonds. The number of amides is 1. The molecule has 0 bridgehead atoms. The van der Waals surface area contributed by atoms with Gasteiger partial charge in [-0.2, -0.15) is 0 Å². The molecule has 1 aromatic rings. The van der Waals surface area contributed by atoms with Crippen molar-refractivity contribution >= 4 is 17.7 Å². The van der Waals surface area contributed by atoms with Crippen molar-refractivity contribution in [2.45, 2.75) is 39.2 Å². The highest BCUT2D eigenvalue weighted by molar-refractivity contribution is 5.80. The van der Waals surface area contributed by atoms with Gasteiger partial charge in [0.05, 0.1) is 0 Å². The number of carbonyl (C=O) groups is 2. The lowest BCUT2D eigenvalue weighted by Gasteiger charge is -2.06. The first kappa shape index (κ1) is 16.9. The van der Waals surface area contributed by atoms with Gasteiger partial charge in [-0.05, 0) is 24.2 Å². The normalized spacial score (nSPS) is 13.6. The number of aromatic nitrogens is 2. The molecule has 0 unspecified atom stereocenters. The molecule has 2 rings (SSSR count). The molecule has 9 heteroatoms. The molecule has 126 valence electrons. The van der Waals surface area contributed by atoms with Crippen LogP contribution in [-0.4, -0.2) is 39.5 Å². The number of aryl methyl sites for hydroxylation is 1. The molecule has 1 heterocycles. The minimum Gasteiger partial charge on any atom is -0.461 e. The van der Waals surface area contributed by atoms with Gasteiger partial charge in [0, 0.05) is 25.8 Å². The number of hydrogen-bond acceptors (Lipinski definition) is 6. The van der Waals surface area contributed by atoms with E-state index in [0.29, 0.717) is 18.8 Å². The van der Waals surface area contributed by atoms with Gasteiger partial charge in [0.2, 0.25) is 5.91 Å². The summed E-state index contributed by atoms with van der Waals surface area (Å²) in [7, 11) is 0. The Balaban J connectivity index is 1.62. The first-order valence-electron chi connectivity index (χ1n) is 7.59. The highest BCUT2D eigenvalue weighted by Gasteiger charge is 2.29. The van der Waals surface area contributed by atoms with Crippen molar-refractivity contribution in [2.24, 2.45) is 5.92 Å². The lowest BCUT2D eigenvalue weighted by Crippen LogP contribution is -2.26. The molecule has 1 saturated carbocycles. The fourth-order valence-electron chi connectivity index (χ4n) is 2.14. The Morgan fingerprint density at radius 2 is 2.26 bits per heavy atom. The Kier molecular flexibility index (Phi) is 5.67. The first-order chi connectivity index (χ1) is 11.0. The smallest absolute Gasteiger partial charge is 0.342 e. The fourth-order valence-corrected chi connectivity index (χ4v) is 2.14. The zero-order chi connectivity index (χ0) is 16.8. The molecular weight excluding hydrogens is 304 g/mol. The zero-order valence-corrected chi connectivity index (χ0v) is 13.0. The Hall–Kier alpha value is -2.45. The Bertz CT molecular complexity index is 594. The van der Waals surface area contributed by atoms with Crippen LogP contribution >= 0.6 is 0 Å². The van der Waals surface area contributed by atoms with Crippen LogP contribution in [0.15, 0.2) is 6.20 Å². The summed E-state index contributed by atoms with van der Waals surface area (Å²) in [6.07, 6.45) is 3.80. The average molecular weight is 324 g/mol. The predicted molar refractivity (Wildman–Crippen MR) is 79.5 cm³/mol. The maximum absolute atomic E-state index is 11.6. The topological polar surface area (TPSA) is 116 Å². The third kappa shape index (κ3) is 5.04. The van der Waals surface area contributed by atoms with Gasteiger partial charge in [-0.25, -0.2) is 9.55 Å². The van der Waals surface area contributed by atoms with Gasteiger partial charge in [0.1, 0.15) is 19.3 Å². The summed E-state index contributed by atoms with van der Waals surface area (Å²) in [5.41, 5.74) is 0. The second-order valence-electron chi connectivity index (χ2n) is 5.46. The van der Waals surface area contributed by atoms with Crippen molar-refractivity contribution < 1.29 is 19.2 Å². The number of esters is 1. The zero-order valence-electron chi connectivity index (χ0n) is 13.0. The SMILES string of the molecule is Cc1ncc([N+](=O)[O-])n1CCOC(=O)CCCNC(=O)C1CC1. The molecule has 1 aliphatic carbocycles. The van der Waals surface area contributed by atoms with Gasteiger partial charge >= 0.3 is 11.8 Å². The monoisotopic (exact) mass is 324 g/mol. The maximum atomic E-state index is 11.6. The standard InChI is InChI=1S/C14H20N4O5/c1-10-16-9-12(18(21)22)17(10)7-8-23-13(19)3-2-6-15-14(20)11-4-5-11/h9,11H,2-8H2,1H3,(H,15,20). The average Bonchev–Trinajstić information content (AvgIpc) is 3.28. The van der Waals surface area contributed by atoms with Gasteiger partial charge in [-0.15, -0.1) is 0 Å². The summed E-state index contributed by atoms with van der Waals surface area (Å²) in [6.45, 7) is 2.34. The van der Waals surface area contributed by atoms with Gasteiger partial charge in [0.25, 0.3) is 0 Å². The van der Waals surface area contributed by atoms with E-state index in [9.17, 15) is 19.7 Å². The molecule has 0 saturated heterocycles. The lowest BCUT2D eigenvalue weighted by atomic mass is 10.3. The summed E-state index contributed by atoms with van der Waals surface area (Å²) >= 11 is 0. The van der Waals surface area contributed by atoms with Crippen LogP contribution in [0.4, 0.5) is 5.82 Å². The summed E-state index contributed by atoms with van der Waals surface area (Å²) in [5.74, 6) is 0.209. The lowest BCUT2D eigenvalue weighted by molar-refractivity contribution is -0.392. The van der Waals surface area contributed by atoms with Gasteiger partial charge in [-0.3, -0.25) is 9.59 Å². The highest BCUT2D eigenvalue weighted by Crippen LogP contribution is 2.28. The molecule has 23 heavy (non-hydrogen) atoms. The van der Waals surface area contributed by atoms with Crippen molar-refractivity contribution in [3.05, 3.63) is 22.1 Å². The minimum absolute atomic E-state index is 0.0469. The largest absolute Gasteiger partial charge is 0.461 e. The van der Waals surface area contributed by atoms with Crippen LogP contribution in [0, 0.1) is 23.0 Å². The minimum atomic E-state index is -0.523. The quantitative estimate of drug-likeness (QED) is 0.313. The molecule has 0 aromatic carbocycles. The van der Waals surface area contributed by atoms with Gasteiger partial charge in [0.15, 0.2) is 5.82 Å². The van der Waals surface area contributed by atoms with Crippen LogP contribution < -0.4 is 5.32 Å². The Morgan fingerprint density at radius 3 is 2.91 bits per heavy atom. The Morgan fingerprint density at radius 1 is 1.52 bits per heavy atom. The van der Waals surface area contributed by atoms with Crippen LogP contribution in [0.25, 0.3) is 0 Å². The number of ether oxygens (including phenoxy) is 1. The molecule has 0 aliphatic heterocycles. The molecule has 9 nitrogen and oxygen atoms in total. The number of nitrogens with zero attached hydrogens (tertiary/aromatic N) is 3. The van der Waals surface area contributed by atoms with Crippen LogP contribution in [0.2, 0.25) is 0 Å². The highest BCUT2D eigenvalue weighted by atomic mass is 16.6. The second kappa shape index (κ2) is 7.70. The van der Waals surface area contributed by atoms with E-state index < -0.39 is 4.92 Å². The number of rotatable bonds is 9. The molecule has 1 aromatic heterocycles. The maximum Gasteiger partial charge on any atom is 0.342 e. The second-order valence-corrected chi connectivity index (χ2v) is 5.46. The summed E-state index contributed by atoms with van der Waals surface area (Å²) < 4.78 is 6.44. The van der Waals surface area contributed by atoms with E-state index in [1.165, 1.54) is 10.8 Å². The van der Waals surface area contributed by atoms with Crippen molar-refractivity contribution in [1.29, 1.82) is 0 Å². The predicted octanol–water partition coefficient (Wildman–Crippen LogP) is 0.949. The van der Waals surface area contributed by atoms with Gasteiger partial charge in [-0.1, -0.05) is 0 Å². The first-order valence-corrected chi connectivity index (χ1v) is 7.59. The van der Waals surface area contributed by atoms with E-state index in [1.54, 1.807) is 6.92 Å². The van der Waals surface area contributed by atoms with Crippen LogP contribution in [0.3, 0.4) is 0 Å². The molecular formula is C14H20N4O5. The summed E-state index contributed by atoms with van der Waals surface area (Å²) in [5, 5.41) is 13.6. The molecule has 0 radical (unpaired) electrons. The van der Waals surface area contributed by atoms with Crippen LogP contribution in [-0.2, 0) is 20.9 Å². The number of hydrogen-bond donors (Lipinski definition) is 1.